The van der Waals surface area contributed by atoms with Crippen LogP contribution in [0.15, 0.2) is 36.4 Å². The maximum atomic E-state index is 12.2. The molecule has 0 bridgehead atoms. The molecule has 0 saturated heterocycles. The molecule has 0 unspecified atom stereocenters. The van der Waals surface area contributed by atoms with Gasteiger partial charge in [-0.25, -0.2) is 0 Å². The zero-order chi connectivity index (χ0) is 16.3. The smallest absolute Gasteiger partial charge is 0.265 e. The van der Waals surface area contributed by atoms with E-state index >= 15 is 0 Å². The Morgan fingerprint density at radius 3 is 2.45 bits per heavy atom. The first-order valence-electron chi connectivity index (χ1n) is 6.55. The van der Waals surface area contributed by atoms with Gasteiger partial charge >= 0.3 is 0 Å². The Morgan fingerprint density at radius 2 is 1.82 bits per heavy atom. The Hall–Kier alpha value is -1.42. The molecule has 0 fully saturated rings. The van der Waals surface area contributed by atoms with E-state index in [-0.39, 0.29) is 5.91 Å². The lowest BCUT2D eigenvalue weighted by atomic mass is 10.2. The predicted molar refractivity (Wildman–Crippen MR) is 91.4 cm³/mol. The molecule has 0 radical (unpaired) electrons. The molecule has 1 N–H and O–H groups in total. The lowest BCUT2D eigenvalue weighted by Crippen LogP contribution is -2.30. The molecule has 1 amide bonds. The second-order valence-electron chi connectivity index (χ2n) is 4.81. The molecule has 0 spiro atoms. The fraction of sp³-hybridized carbons (Fsp3) is 0.188. The molecule has 6 heteroatoms. The molecule has 0 aliphatic heterocycles. The number of rotatable bonds is 4. The van der Waals surface area contributed by atoms with Gasteiger partial charge in [-0.1, -0.05) is 40.9 Å². The molecule has 0 heterocycles. The molecule has 0 aliphatic rings. The third-order valence-corrected chi connectivity index (χ3v) is 3.79. The van der Waals surface area contributed by atoms with Crippen LogP contribution in [0, 0.1) is 6.92 Å². The number of ether oxygens (including phenoxy) is 1. The van der Waals surface area contributed by atoms with Crippen LogP contribution in [0.1, 0.15) is 12.5 Å². The second kappa shape index (κ2) is 7.23. The summed E-state index contributed by atoms with van der Waals surface area (Å²) in [7, 11) is 0. The Labute approximate surface area is 144 Å². The van der Waals surface area contributed by atoms with Crippen LogP contribution >= 0.6 is 34.8 Å². The van der Waals surface area contributed by atoms with E-state index in [0.717, 1.165) is 5.56 Å². The normalized spacial score (nSPS) is 11.9. The van der Waals surface area contributed by atoms with Gasteiger partial charge in [0.05, 0.1) is 15.7 Å². The summed E-state index contributed by atoms with van der Waals surface area (Å²) in [6.45, 7) is 3.55. The molecule has 22 heavy (non-hydrogen) atoms. The van der Waals surface area contributed by atoms with Gasteiger partial charge in [-0.2, -0.15) is 0 Å². The van der Waals surface area contributed by atoms with Crippen LogP contribution in [0.2, 0.25) is 15.1 Å². The third-order valence-electron chi connectivity index (χ3n) is 2.95. The van der Waals surface area contributed by atoms with Crippen LogP contribution < -0.4 is 10.1 Å². The lowest BCUT2D eigenvalue weighted by molar-refractivity contribution is -0.122. The van der Waals surface area contributed by atoms with Gasteiger partial charge in [0.25, 0.3) is 5.91 Å². The maximum absolute atomic E-state index is 12.2. The molecular weight excluding hydrogens is 345 g/mol. The molecule has 2 rings (SSSR count). The van der Waals surface area contributed by atoms with Crippen LogP contribution in [0.4, 0.5) is 5.69 Å². The Kier molecular flexibility index (Phi) is 5.57. The minimum absolute atomic E-state index is 0.322. The predicted octanol–water partition coefficient (Wildman–Crippen LogP) is 5.36. The summed E-state index contributed by atoms with van der Waals surface area (Å²) in [5, 5.41) is 4.05. The number of aryl methyl sites for hydroxylation is 1. The molecule has 116 valence electrons. The summed E-state index contributed by atoms with van der Waals surface area (Å²) >= 11 is 17.9. The van der Waals surface area contributed by atoms with Crippen LogP contribution in [0.5, 0.6) is 5.75 Å². The van der Waals surface area contributed by atoms with E-state index in [1.165, 1.54) is 0 Å². The van der Waals surface area contributed by atoms with E-state index in [4.69, 9.17) is 39.5 Å². The van der Waals surface area contributed by atoms with Gasteiger partial charge in [-0.15, -0.1) is 0 Å². The Bertz CT molecular complexity index is 704. The average Bonchev–Trinajstić information content (AvgIpc) is 2.44. The van der Waals surface area contributed by atoms with Gasteiger partial charge in [0.1, 0.15) is 5.75 Å². The SMILES string of the molecule is Cc1ccc(NC(=O)[C@@H](C)Oc2ccc(Cl)cc2Cl)c(Cl)c1. The van der Waals surface area contributed by atoms with Crippen molar-refractivity contribution in [2.24, 2.45) is 0 Å². The van der Waals surface area contributed by atoms with Crippen molar-refractivity contribution in [1.82, 2.24) is 0 Å². The van der Waals surface area contributed by atoms with Crippen molar-refractivity contribution in [3.05, 3.63) is 57.0 Å². The minimum Gasteiger partial charge on any atom is -0.479 e. The number of benzene rings is 2. The quantitative estimate of drug-likeness (QED) is 0.799. The summed E-state index contributed by atoms with van der Waals surface area (Å²) in [5.41, 5.74) is 1.55. The van der Waals surface area contributed by atoms with Crippen molar-refractivity contribution in [3.8, 4) is 5.75 Å². The number of hydrogen-bond acceptors (Lipinski definition) is 2. The van der Waals surface area contributed by atoms with E-state index < -0.39 is 6.10 Å². The number of amides is 1. The molecule has 0 aliphatic carbocycles. The monoisotopic (exact) mass is 357 g/mol. The lowest BCUT2D eigenvalue weighted by Gasteiger charge is -2.16. The van der Waals surface area contributed by atoms with Crippen molar-refractivity contribution < 1.29 is 9.53 Å². The van der Waals surface area contributed by atoms with Gasteiger partial charge in [0, 0.05) is 5.02 Å². The zero-order valence-electron chi connectivity index (χ0n) is 12.0. The first kappa shape index (κ1) is 16.9. The fourth-order valence-corrected chi connectivity index (χ4v) is 2.51. The van der Waals surface area contributed by atoms with Gasteiger partial charge in [-0.3, -0.25) is 4.79 Å². The van der Waals surface area contributed by atoms with E-state index in [1.807, 2.05) is 13.0 Å². The summed E-state index contributed by atoms with van der Waals surface area (Å²) < 4.78 is 5.55. The highest BCUT2D eigenvalue weighted by molar-refractivity contribution is 6.35. The number of anilines is 1. The van der Waals surface area contributed by atoms with Crippen LogP contribution in [0.3, 0.4) is 0 Å². The molecule has 2 aromatic rings. The van der Waals surface area contributed by atoms with Gasteiger partial charge < -0.3 is 10.1 Å². The van der Waals surface area contributed by atoms with E-state index in [0.29, 0.717) is 26.5 Å². The molecule has 0 aromatic heterocycles. The molecule has 3 nitrogen and oxygen atoms in total. The number of nitrogens with one attached hydrogen (secondary N) is 1. The second-order valence-corrected chi connectivity index (χ2v) is 6.06. The van der Waals surface area contributed by atoms with Gasteiger partial charge in [0.15, 0.2) is 6.10 Å². The number of carbonyl (C=O) groups is 1. The molecule has 2 aromatic carbocycles. The highest BCUT2D eigenvalue weighted by Gasteiger charge is 2.17. The largest absolute Gasteiger partial charge is 0.479 e. The highest BCUT2D eigenvalue weighted by atomic mass is 35.5. The Balaban J connectivity index is 2.05. The first-order valence-corrected chi connectivity index (χ1v) is 7.69. The number of carbonyl (C=O) groups excluding carboxylic acids is 1. The van der Waals surface area contributed by atoms with Crippen molar-refractivity contribution in [2.45, 2.75) is 20.0 Å². The van der Waals surface area contributed by atoms with Crippen LogP contribution in [0.25, 0.3) is 0 Å². The molecule has 0 saturated carbocycles. The minimum atomic E-state index is -0.740. The summed E-state index contributed by atoms with van der Waals surface area (Å²) in [6, 6.07) is 10.2. The number of halogens is 3. The summed E-state index contributed by atoms with van der Waals surface area (Å²) in [6.07, 6.45) is -0.740. The van der Waals surface area contributed by atoms with Crippen molar-refractivity contribution in [1.29, 1.82) is 0 Å². The summed E-state index contributed by atoms with van der Waals surface area (Å²) in [4.78, 5) is 12.2. The van der Waals surface area contributed by atoms with Gasteiger partial charge in [-0.05, 0) is 49.7 Å². The number of hydrogen-bond donors (Lipinski definition) is 1. The Morgan fingerprint density at radius 1 is 1.09 bits per heavy atom. The average molecular weight is 359 g/mol. The van der Waals surface area contributed by atoms with Crippen molar-refractivity contribution >= 4 is 46.4 Å². The van der Waals surface area contributed by atoms with Crippen LogP contribution in [-0.4, -0.2) is 12.0 Å². The van der Waals surface area contributed by atoms with Crippen molar-refractivity contribution in [3.63, 3.8) is 0 Å². The van der Waals surface area contributed by atoms with Gasteiger partial charge in [0.2, 0.25) is 0 Å². The van der Waals surface area contributed by atoms with E-state index in [1.54, 1.807) is 37.3 Å². The molecular formula is C16H14Cl3NO2. The van der Waals surface area contributed by atoms with Crippen molar-refractivity contribution in [2.75, 3.05) is 5.32 Å². The topological polar surface area (TPSA) is 38.3 Å². The van der Waals surface area contributed by atoms with Crippen LogP contribution in [-0.2, 0) is 4.79 Å². The maximum Gasteiger partial charge on any atom is 0.265 e. The van der Waals surface area contributed by atoms with E-state index in [2.05, 4.69) is 5.32 Å². The standard InChI is InChI=1S/C16H14Cl3NO2/c1-9-3-5-14(12(18)7-9)20-16(21)10(2)22-15-6-4-11(17)8-13(15)19/h3-8,10H,1-2H3,(H,20,21)/t10-/m1/s1. The fourth-order valence-electron chi connectivity index (χ4n) is 1.77. The third kappa shape index (κ3) is 4.29. The van der Waals surface area contributed by atoms with E-state index in [9.17, 15) is 4.79 Å². The first-order chi connectivity index (χ1) is 10.4. The zero-order valence-corrected chi connectivity index (χ0v) is 14.3. The summed E-state index contributed by atoms with van der Waals surface area (Å²) in [5.74, 6) is 0.0699. The molecule has 1 atom stereocenters. The highest BCUT2D eigenvalue weighted by Crippen LogP contribution is 2.29.